The van der Waals surface area contributed by atoms with E-state index in [1.54, 1.807) is 0 Å². The van der Waals surface area contributed by atoms with Crippen LogP contribution in [-0.2, 0) is 0 Å². The van der Waals surface area contributed by atoms with Crippen molar-refractivity contribution in [3.8, 4) is 0 Å². The van der Waals surface area contributed by atoms with Crippen molar-refractivity contribution in [1.82, 2.24) is 14.9 Å². The molecule has 6 heteroatoms. The number of nitrogens with zero attached hydrogens (tertiary/aromatic N) is 1. The number of fused-ring (bicyclic) bond motifs is 1. The van der Waals surface area contributed by atoms with Crippen molar-refractivity contribution in [2.45, 2.75) is 6.04 Å². The lowest BCUT2D eigenvalue weighted by Crippen LogP contribution is -2.52. The lowest BCUT2D eigenvalue weighted by molar-refractivity contribution is 0.327. The maximum absolute atomic E-state index is 13.6. The average molecular weight is 235 g/mol. The minimum atomic E-state index is -0.607. The van der Waals surface area contributed by atoms with E-state index >= 15 is 0 Å². The molecular weight excluding hydrogens is 225 g/mol. The molecule has 1 aliphatic rings. The fraction of sp³-hybridized carbons (Fsp3) is 0.273. The third-order valence-corrected chi connectivity index (χ3v) is 3.03. The molecule has 2 N–H and O–H groups in total. The highest BCUT2D eigenvalue weighted by molar-refractivity contribution is 5.77. The molecular formula is C11H10FN3O2. The topological polar surface area (TPSA) is 66.9 Å². The molecule has 1 aromatic carbocycles. The molecule has 0 atom stereocenters. The second-order valence-corrected chi connectivity index (χ2v) is 4.08. The normalized spacial score (nSPS) is 16.1. The molecule has 3 rings (SSSR count). The third kappa shape index (κ3) is 1.41. The van der Waals surface area contributed by atoms with Crippen LogP contribution in [-0.4, -0.2) is 22.6 Å². The maximum atomic E-state index is 13.6. The van der Waals surface area contributed by atoms with Gasteiger partial charge in [0, 0.05) is 13.1 Å². The zero-order valence-electron chi connectivity index (χ0n) is 8.87. The molecule has 1 aromatic heterocycles. The van der Waals surface area contributed by atoms with Gasteiger partial charge in [-0.25, -0.2) is 9.18 Å². The number of benzene rings is 1. The van der Waals surface area contributed by atoms with Crippen LogP contribution < -0.4 is 16.6 Å². The smallest absolute Gasteiger partial charge is 0.312 e. The first-order valence-electron chi connectivity index (χ1n) is 5.32. The molecule has 0 spiro atoms. The monoisotopic (exact) mass is 235 g/mol. The summed E-state index contributed by atoms with van der Waals surface area (Å²) in [5.74, 6) is -0.607. The fourth-order valence-corrected chi connectivity index (χ4v) is 2.02. The van der Waals surface area contributed by atoms with Gasteiger partial charge in [-0.2, -0.15) is 0 Å². The number of hydrogen-bond acceptors (Lipinski definition) is 3. The minimum absolute atomic E-state index is 0.0565. The molecule has 0 saturated carbocycles. The number of aromatic nitrogens is 2. The van der Waals surface area contributed by atoms with Gasteiger partial charge in [-0.05, 0) is 12.1 Å². The molecule has 1 aliphatic heterocycles. The molecule has 1 fully saturated rings. The Bertz CT molecular complexity index is 700. The van der Waals surface area contributed by atoms with Gasteiger partial charge in [-0.3, -0.25) is 9.36 Å². The van der Waals surface area contributed by atoms with E-state index < -0.39 is 17.1 Å². The number of aromatic amines is 1. The van der Waals surface area contributed by atoms with E-state index in [9.17, 15) is 14.0 Å². The Morgan fingerprint density at radius 3 is 2.71 bits per heavy atom. The molecule has 0 aliphatic carbocycles. The quantitative estimate of drug-likeness (QED) is 0.729. The second-order valence-electron chi connectivity index (χ2n) is 4.08. The van der Waals surface area contributed by atoms with Crippen molar-refractivity contribution in [3.63, 3.8) is 0 Å². The lowest BCUT2D eigenvalue weighted by Gasteiger charge is -2.28. The van der Waals surface area contributed by atoms with E-state index in [1.807, 2.05) is 0 Å². The minimum Gasteiger partial charge on any atom is -0.312 e. The molecule has 88 valence electrons. The predicted octanol–water partition coefficient (Wildman–Crippen LogP) is -0.0268. The fourth-order valence-electron chi connectivity index (χ4n) is 2.02. The summed E-state index contributed by atoms with van der Waals surface area (Å²) in [5, 5.41) is 2.91. The van der Waals surface area contributed by atoms with Crippen LogP contribution in [0.3, 0.4) is 0 Å². The van der Waals surface area contributed by atoms with Crippen LogP contribution in [0, 0.1) is 5.82 Å². The van der Waals surface area contributed by atoms with Crippen LogP contribution in [0.4, 0.5) is 4.39 Å². The molecule has 0 bridgehead atoms. The van der Waals surface area contributed by atoms with E-state index in [1.165, 1.54) is 18.2 Å². The standard InChI is InChI=1S/C11H10FN3O2/c12-7-2-1-3-8-9(7)10(16)15(11(17)14-8)6-4-13-5-6/h1-3,6,13H,4-5H2,(H,14,17). The first kappa shape index (κ1) is 10.2. The van der Waals surface area contributed by atoms with Crippen molar-refractivity contribution in [3.05, 3.63) is 44.9 Å². The van der Waals surface area contributed by atoms with Gasteiger partial charge in [0.1, 0.15) is 5.82 Å². The van der Waals surface area contributed by atoms with E-state index in [2.05, 4.69) is 10.3 Å². The molecule has 2 aromatic rings. The molecule has 1 saturated heterocycles. The molecule has 5 nitrogen and oxygen atoms in total. The molecule has 0 unspecified atom stereocenters. The van der Waals surface area contributed by atoms with Crippen molar-refractivity contribution < 1.29 is 4.39 Å². The summed E-state index contributed by atoms with van der Waals surface area (Å²) in [5.41, 5.74) is -0.809. The van der Waals surface area contributed by atoms with Crippen molar-refractivity contribution in [2.75, 3.05) is 13.1 Å². The van der Waals surface area contributed by atoms with E-state index in [0.717, 1.165) is 4.57 Å². The summed E-state index contributed by atoms with van der Waals surface area (Å²) >= 11 is 0. The summed E-state index contributed by atoms with van der Waals surface area (Å²) in [4.78, 5) is 26.4. The molecule has 0 amide bonds. The van der Waals surface area contributed by atoms with Crippen LogP contribution in [0.25, 0.3) is 10.9 Å². The zero-order valence-corrected chi connectivity index (χ0v) is 8.87. The number of rotatable bonds is 1. The lowest BCUT2D eigenvalue weighted by atomic mass is 10.1. The summed E-state index contributed by atoms with van der Waals surface area (Å²) in [6.07, 6.45) is 0. The predicted molar refractivity (Wildman–Crippen MR) is 60.7 cm³/mol. The van der Waals surface area contributed by atoms with E-state index in [0.29, 0.717) is 13.1 Å². The van der Waals surface area contributed by atoms with Crippen LogP contribution in [0.1, 0.15) is 6.04 Å². The second kappa shape index (κ2) is 3.53. The van der Waals surface area contributed by atoms with Crippen LogP contribution in [0.2, 0.25) is 0 Å². The van der Waals surface area contributed by atoms with Gasteiger partial charge in [0.15, 0.2) is 0 Å². The Hall–Kier alpha value is -1.95. The highest BCUT2D eigenvalue weighted by Crippen LogP contribution is 2.12. The summed E-state index contributed by atoms with van der Waals surface area (Å²) in [6, 6.07) is 4.01. The van der Waals surface area contributed by atoms with Crippen molar-refractivity contribution >= 4 is 10.9 Å². The van der Waals surface area contributed by atoms with Gasteiger partial charge >= 0.3 is 5.69 Å². The van der Waals surface area contributed by atoms with Gasteiger partial charge in [0.25, 0.3) is 5.56 Å². The number of H-pyrrole nitrogens is 1. The SMILES string of the molecule is O=c1[nH]c2cccc(F)c2c(=O)n1C1CNC1. The molecule has 2 heterocycles. The van der Waals surface area contributed by atoms with Crippen LogP contribution >= 0.6 is 0 Å². The van der Waals surface area contributed by atoms with E-state index in [-0.39, 0.29) is 16.9 Å². The van der Waals surface area contributed by atoms with Gasteiger partial charge in [-0.1, -0.05) is 6.07 Å². The number of nitrogens with one attached hydrogen (secondary N) is 2. The Balaban J connectivity index is 2.41. The third-order valence-electron chi connectivity index (χ3n) is 3.03. The molecule has 17 heavy (non-hydrogen) atoms. The first-order valence-corrected chi connectivity index (χ1v) is 5.32. The van der Waals surface area contributed by atoms with Gasteiger partial charge in [0.05, 0.1) is 16.9 Å². The summed E-state index contributed by atoms with van der Waals surface area (Å²) in [6.45, 7) is 1.12. The highest BCUT2D eigenvalue weighted by atomic mass is 19.1. The molecule has 0 radical (unpaired) electrons. The van der Waals surface area contributed by atoms with Crippen molar-refractivity contribution in [1.29, 1.82) is 0 Å². The highest BCUT2D eigenvalue weighted by Gasteiger charge is 2.23. The first-order chi connectivity index (χ1) is 8.18. The van der Waals surface area contributed by atoms with Crippen molar-refractivity contribution in [2.24, 2.45) is 0 Å². The van der Waals surface area contributed by atoms with Crippen LogP contribution in [0.5, 0.6) is 0 Å². The summed E-state index contributed by atoms with van der Waals surface area (Å²) in [7, 11) is 0. The number of hydrogen-bond donors (Lipinski definition) is 2. The summed E-state index contributed by atoms with van der Waals surface area (Å²) < 4.78 is 14.7. The Labute approximate surface area is 94.9 Å². The maximum Gasteiger partial charge on any atom is 0.329 e. The Morgan fingerprint density at radius 2 is 2.06 bits per heavy atom. The van der Waals surface area contributed by atoms with Gasteiger partial charge in [-0.15, -0.1) is 0 Å². The average Bonchev–Trinajstić information content (AvgIpc) is 2.21. The number of halogens is 1. The zero-order chi connectivity index (χ0) is 12.0. The Morgan fingerprint density at radius 1 is 1.29 bits per heavy atom. The van der Waals surface area contributed by atoms with Crippen LogP contribution in [0.15, 0.2) is 27.8 Å². The van der Waals surface area contributed by atoms with Gasteiger partial charge < -0.3 is 10.3 Å². The largest absolute Gasteiger partial charge is 0.329 e. The van der Waals surface area contributed by atoms with E-state index in [4.69, 9.17) is 0 Å². The Kier molecular flexibility index (Phi) is 2.12. The van der Waals surface area contributed by atoms with Gasteiger partial charge in [0.2, 0.25) is 0 Å².